The predicted octanol–water partition coefficient (Wildman–Crippen LogP) is 2.48. The fourth-order valence-electron chi connectivity index (χ4n) is 7.29. The van der Waals surface area contributed by atoms with Crippen LogP contribution in [0.1, 0.15) is 81.9 Å². The first kappa shape index (κ1) is 41.2. The van der Waals surface area contributed by atoms with Crippen molar-refractivity contribution in [3.05, 3.63) is 60.2 Å². The maximum atomic E-state index is 13.9. The molecule has 2 heterocycles. The van der Waals surface area contributed by atoms with Gasteiger partial charge in [0, 0.05) is 32.1 Å². The third-order valence-electron chi connectivity index (χ3n) is 10.8. The summed E-state index contributed by atoms with van der Waals surface area (Å²) in [4.78, 5) is 80.0. The molecule has 3 fully saturated rings. The topological polar surface area (TPSA) is 221 Å². The van der Waals surface area contributed by atoms with Crippen molar-refractivity contribution in [1.29, 1.82) is 0 Å². The SMILES string of the molecule is C=CC(=O)NC[C@H](NC(=O)OCC(C)(C)CCCCc1cccc2c1CN(C(=O)O)C2)C(=O)N1CCC[C@H]1C(=O)N[C@]1(C(=O)NS(=O)(=O)C2CC2)CC1C=C. The summed E-state index contributed by atoms with van der Waals surface area (Å²) < 4.78 is 32.7. The zero-order valence-corrected chi connectivity index (χ0v) is 32.3. The van der Waals surface area contributed by atoms with Crippen molar-refractivity contribution >= 4 is 45.8 Å². The van der Waals surface area contributed by atoms with Gasteiger partial charge in [-0.1, -0.05) is 51.1 Å². The van der Waals surface area contributed by atoms with Gasteiger partial charge in [0.1, 0.15) is 17.6 Å². The number of carbonyl (C=O) groups is 6. The average molecular weight is 785 g/mol. The van der Waals surface area contributed by atoms with E-state index in [0.29, 0.717) is 32.4 Å². The van der Waals surface area contributed by atoms with Gasteiger partial charge in [0.05, 0.1) is 11.9 Å². The molecular formula is C38H52N6O10S. The minimum atomic E-state index is -3.87. The molecule has 0 bridgehead atoms. The molecule has 1 unspecified atom stereocenters. The lowest BCUT2D eigenvalue weighted by Crippen LogP contribution is -2.59. The van der Waals surface area contributed by atoms with E-state index in [2.05, 4.69) is 33.8 Å². The van der Waals surface area contributed by atoms with Gasteiger partial charge in [-0.05, 0) is 79.5 Å². The molecule has 16 nitrogen and oxygen atoms in total. The van der Waals surface area contributed by atoms with E-state index >= 15 is 0 Å². The molecular weight excluding hydrogens is 733 g/mol. The number of hydrogen-bond acceptors (Lipinski definition) is 9. The fraction of sp³-hybridized carbons (Fsp3) is 0.579. The number of alkyl carbamates (subject to hydrolysis) is 1. The second-order valence-corrected chi connectivity index (χ2v) is 17.6. The number of amides is 6. The molecule has 4 aliphatic rings. The summed E-state index contributed by atoms with van der Waals surface area (Å²) in [7, 11) is -3.87. The molecule has 2 saturated carbocycles. The third kappa shape index (κ3) is 10.0. The maximum absolute atomic E-state index is 13.9. The molecule has 0 spiro atoms. The molecule has 0 aromatic heterocycles. The Hall–Kier alpha value is -4.93. The quantitative estimate of drug-likeness (QED) is 0.0832. The minimum Gasteiger partial charge on any atom is -0.465 e. The van der Waals surface area contributed by atoms with Crippen molar-refractivity contribution in [1.82, 2.24) is 30.5 Å². The number of unbranched alkanes of at least 4 members (excludes halogenated alkanes) is 1. The van der Waals surface area contributed by atoms with E-state index in [1.807, 2.05) is 32.0 Å². The second kappa shape index (κ2) is 16.8. The van der Waals surface area contributed by atoms with Gasteiger partial charge in [-0.2, -0.15) is 0 Å². The third-order valence-corrected chi connectivity index (χ3v) is 12.7. The van der Waals surface area contributed by atoms with Crippen LogP contribution in [0.25, 0.3) is 0 Å². The number of ether oxygens (including phenoxy) is 1. The van der Waals surface area contributed by atoms with E-state index in [1.54, 1.807) is 0 Å². The molecule has 1 saturated heterocycles. The number of aryl methyl sites for hydroxylation is 1. The molecule has 2 aliphatic heterocycles. The molecule has 17 heteroatoms. The number of nitrogens with zero attached hydrogens (tertiary/aromatic N) is 2. The number of carbonyl (C=O) groups excluding carboxylic acids is 5. The summed E-state index contributed by atoms with van der Waals surface area (Å²) in [5.41, 5.74) is 1.29. The van der Waals surface area contributed by atoms with Crippen molar-refractivity contribution in [2.45, 2.75) is 108 Å². The molecule has 0 radical (unpaired) electrons. The molecule has 4 atom stereocenters. The average Bonchev–Trinajstić information content (AvgIpc) is 4.02. The van der Waals surface area contributed by atoms with Crippen LogP contribution >= 0.6 is 0 Å². The number of carboxylic acid groups (broad SMARTS) is 1. The van der Waals surface area contributed by atoms with E-state index in [9.17, 15) is 42.3 Å². The van der Waals surface area contributed by atoms with E-state index in [-0.39, 0.29) is 32.5 Å². The zero-order valence-electron chi connectivity index (χ0n) is 31.4. The molecule has 5 N–H and O–H groups in total. The maximum Gasteiger partial charge on any atom is 0.407 e. The Bertz CT molecular complexity index is 1830. The number of likely N-dealkylation sites (tertiary alicyclic amines) is 1. The second-order valence-electron chi connectivity index (χ2n) is 15.7. The Morgan fingerprint density at radius 3 is 2.49 bits per heavy atom. The first-order chi connectivity index (χ1) is 26.0. The smallest absolute Gasteiger partial charge is 0.407 e. The molecule has 2 aliphatic carbocycles. The minimum absolute atomic E-state index is 0.0346. The van der Waals surface area contributed by atoms with Crippen LogP contribution in [0, 0.1) is 11.3 Å². The van der Waals surface area contributed by atoms with Gasteiger partial charge in [-0.25, -0.2) is 18.0 Å². The van der Waals surface area contributed by atoms with E-state index in [4.69, 9.17) is 4.74 Å². The number of fused-ring (bicyclic) bond motifs is 1. The lowest BCUT2D eigenvalue weighted by Gasteiger charge is -2.30. The fourth-order valence-corrected chi connectivity index (χ4v) is 8.66. The zero-order chi connectivity index (χ0) is 40.1. The first-order valence-electron chi connectivity index (χ1n) is 18.7. The normalized spacial score (nSPS) is 22.1. The van der Waals surface area contributed by atoms with Gasteiger partial charge in [-0.15, -0.1) is 6.58 Å². The van der Waals surface area contributed by atoms with Gasteiger partial charge in [0.2, 0.25) is 27.7 Å². The largest absolute Gasteiger partial charge is 0.465 e. The van der Waals surface area contributed by atoms with Crippen molar-refractivity contribution < 1.29 is 47.0 Å². The van der Waals surface area contributed by atoms with Gasteiger partial charge in [0.15, 0.2) is 0 Å². The number of sulfonamides is 1. The molecule has 55 heavy (non-hydrogen) atoms. The van der Waals surface area contributed by atoms with Crippen LogP contribution in [0.4, 0.5) is 9.59 Å². The standard InChI is InChI=1S/C38H52N6O10S/c1-5-26-19-38(26,34(48)42-55(52,53)27-15-16-27)41-32(46)30-14-10-18-44(30)33(47)29(20-39-31(45)6-2)40-35(49)54-23-37(3,4)17-8-7-11-24-12-9-13-25-21-43(36(50)51)22-28(24)25/h5-6,9,12-13,26-27,29-30H,1-2,7-8,10-11,14-23H2,3-4H3,(H,39,45)(H,40,49)(H,41,46)(H,42,48)(H,50,51)/t26?,29-,30-,38+/m0/s1. The predicted molar refractivity (Wildman–Crippen MR) is 201 cm³/mol. The molecule has 1 aromatic carbocycles. The number of hydrogen-bond donors (Lipinski definition) is 5. The first-order valence-corrected chi connectivity index (χ1v) is 20.3. The lowest BCUT2D eigenvalue weighted by molar-refractivity contribution is -0.141. The Labute approximate surface area is 321 Å². The van der Waals surface area contributed by atoms with Crippen molar-refractivity contribution in [3.63, 3.8) is 0 Å². The van der Waals surface area contributed by atoms with Crippen LogP contribution in [-0.4, -0.2) is 102 Å². The molecule has 1 aromatic rings. The van der Waals surface area contributed by atoms with Crippen LogP contribution in [0.2, 0.25) is 0 Å². The Kier molecular flexibility index (Phi) is 12.6. The van der Waals surface area contributed by atoms with Gasteiger partial charge in [-0.3, -0.25) is 28.8 Å². The highest BCUT2D eigenvalue weighted by Gasteiger charge is 2.61. The summed E-state index contributed by atoms with van der Waals surface area (Å²) in [6, 6.07) is 3.61. The van der Waals surface area contributed by atoms with Crippen molar-refractivity contribution in [3.8, 4) is 0 Å². The Balaban J connectivity index is 1.14. The van der Waals surface area contributed by atoms with Gasteiger partial charge < -0.3 is 30.7 Å². The summed E-state index contributed by atoms with van der Waals surface area (Å²) in [6.45, 7) is 11.7. The van der Waals surface area contributed by atoms with Gasteiger partial charge in [0.25, 0.3) is 5.91 Å². The van der Waals surface area contributed by atoms with Crippen molar-refractivity contribution in [2.75, 3.05) is 19.7 Å². The highest BCUT2D eigenvalue weighted by Crippen LogP contribution is 2.45. The van der Waals surface area contributed by atoms with Crippen LogP contribution < -0.4 is 20.7 Å². The summed E-state index contributed by atoms with van der Waals surface area (Å²) in [6.07, 6.45) is 5.61. The van der Waals surface area contributed by atoms with Crippen LogP contribution in [0.15, 0.2) is 43.5 Å². The Morgan fingerprint density at radius 1 is 1.09 bits per heavy atom. The van der Waals surface area contributed by atoms with E-state index in [0.717, 1.165) is 48.4 Å². The Morgan fingerprint density at radius 2 is 1.84 bits per heavy atom. The summed E-state index contributed by atoms with van der Waals surface area (Å²) in [5.74, 6) is -3.23. The highest BCUT2D eigenvalue weighted by atomic mass is 32.2. The van der Waals surface area contributed by atoms with Crippen LogP contribution in [0.3, 0.4) is 0 Å². The van der Waals surface area contributed by atoms with Crippen LogP contribution in [0.5, 0.6) is 0 Å². The number of benzene rings is 1. The molecule has 6 amide bonds. The monoisotopic (exact) mass is 784 g/mol. The van der Waals surface area contributed by atoms with Crippen molar-refractivity contribution in [2.24, 2.45) is 11.3 Å². The highest BCUT2D eigenvalue weighted by molar-refractivity contribution is 7.91. The van der Waals surface area contributed by atoms with Gasteiger partial charge >= 0.3 is 12.2 Å². The number of rotatable bonds is 18. The molecule has 300 valence electrons. The number of nitrogens with one attached hydrogen (secondary N) is 4. The van der Waals surface area contributed by atoms with Crippen LogP contribution in [-0.2, 0) is 53.4 Å². The summed E-state index contributed by atoms with van der Waals surface area (Å²) >= 11 is 0. The lowest BCUT2D eigenvalue weighted by atomic mass is 9.87. The molecule has 5 rings (SSSR count). The van der Waals surface area contributed by atoms with E-state index in [1.165, 1.54) is 15.9 Å². The van der Waals surface area contributed by atoms with E-state index < -0.39 is 80.0 Å². The summed E-state index contributed by atoms with van der Waals surface area (Å²) in [5, 5.41) is 16.5.